The number of esters is 1. The maximum absolute atomic E-state index is 14.1. The Hall–Kier alpha value is -1.22. The molecule has 1 aromatic rings. The third-order valence-electron chi connectivity index (χ3n) is 2.60. The Morgan fingerprint density at radius 3 is 2.53 bits per heavy atom. The van der Waals surface area contributed by atoms with E-state index < -0.39 is 18.3 Å². The summed E-state index contributed by atoms with van der Waals surface area (Å²) in [4.78, 5) is 11.3. The number of ether oxygens (including phenoxy) is 1. The first-order chi connectivity index (χ1) is 8.81. The van der Waals surface area contributed by atoms with E-state index in [0.717, 1.165) is 0 Å². The van der Waals surface area contributed by atoms with Gasteiger partial charge in [0.1, 0.15) is 12.2 Å². The lowest BCUT2D eigenvalue weighted by Gasteiger charge is -2.20. The number of halogens is 2. The lowest BCUT2D eigenvalue weighted by atomic mass is 9.99. The average Bonchev–Trinajstić information content (AvgIpc) is 2.27. The van der Waals surface area contributed by atoms with Gasteiger partial charge in [-0.2, -0.15) is 0 Å². The van der Waals surface area contributed by atoms with Gasteiger partial charge >= 0.3 is 5.97 Å². The number of hydrogen-bond donors (Lipinski definition) is 0. The number of benzene rings is 1. The van der Waals surface area contributed by atoms with Crippen LogP contribution in [0.2, 0.25) is 0 Å². The summed E-state index contributed by atoms with van der Waals surface area (Å²) in [7, 11) is 1.95. The number of hydrogen-bond acceptors (Lipinski definition) is 3. The SMILES string of the molecule is CCOC(=O)CC(F)(F)c1cc(C)cc(C)c1OP. The minimum Gasteiger partial charge on any atom is -0.480 e. The number of carbonyl (C=O) groups excluding carboxylic acids is 1. The smallest absolute Gasteiger partial charge is 0.312 e. The third-order valence-corrected chi connectivity index (χ3v) is 2.84. The zero-order chi connectivity index (χ0) is 14.6. The maximum Gasteiger partial charge on any atom is 0.312 e. The quantitative estimate of drug-likeness (QED) is 0.615. The third kappa shape index (κ3) is 3.87. The van der Waals surface area contributed by atoms with Gasteiger partial charge in [-0.3, -0.25) is 4.79 Å². The Bertz CT molecular complexity index is 475. The highest BCUT2D eigenvalue weighted by Crippen LogP contribution is 2.41. The summed E-state index contributed by atoms with van der Waals surface area (Å²) < 4.78 is 37.8. The van der Waals surface area contributed by atoms with Gasteiger partial charge in [0, 0.05) is 0 Å². The Morgan fingerprint density at radius 1 is 1.37 bits per heavy atom. The molecule has 106 valence electrons. The first-order valence-electron chi connectivity index (χ1n) is 5.83. The second-order valence-corrected chi connectivity index (χ2v) is 4.50. The molecule has 3 nitrogen and oxygen atoms in total. The molecule has 0 heterocycles. The Labute approximate surface area is 113 Å². The van der Waals surface area contributed by atoms with Crippen LogP contribution in [0.3, 0.4) is 0 Å². The standard InChI is InChI=1S/C13H17F2O3P/c1-4-17-11(16)7-13(14,15)10-6-8(2)5-9(3)12(10)18-19/h5-6H,4,7,19H2,1-3H3. The number of carbonyl (C=O) groups is 1. The van der Waals surface area contributed by atoms with E-state index in [2.05, 4.69) is 4.74 Å². The van der Waals surface area contributed by atoms with Gasteiger partial charge in [0.05, 0.1) is 21.6 Å². The van der Waals surface area contributed by atoms with Crippen molar-refractivity contribution >= 4 is 15.4 Å². The van der Waals surface area contributed by atoms with Crippen LogP contribution in [0, 0.1) is 13.8 Å². The molecule has 0 fully saturated rings. The molecule has 0 aromatic heterocycles. The van der Waals surface area contributed by atoms with E-state index in [-0.39, 0.29) is 17.9 Å². The molecule has 19 heavy (non-hydrogen) atoms. The van der Waals surface area contributed by atoms with Crippen molar-refractivity contribution in [1.29, 1.82) is 0 Å². The zero-order valence-corrected chi connectivity index (χ0v) is 12.3. The summed E-state index contributed by atoms with van der Waals surface area (Å²) in [5.41, 5.74) is 0.975. The van der Waals surface area contributed by atoms with Crippen molar-refractivity contribution in [3.8, 4) is 5.75 Å². The fraction of sp³-hybridized carbons (Fsp3) is 0.462. The Morgan fingerprint density at radius 2 is 2.00 bits per heavy atom. The fourth-order valence-electron chi connectivity index (χ4n) is 1.87. The van der Waals surface area contributed by atoms with Crippen LogP contribution in [0.4, 0.5) is 8.78 Å². The lowest BCUT2D eigenvalue weighted by molar-refractivity contribution is -0.151. The monoisotopic (exact) mass is 290 g/mol. The van der Waals surface area contributed by atoms with Gasteiger partial charge in [-0.15, -0.1) is 0 Å². The molecule has 6 heteroatoms. The molecule has 0 radical (unpaired) electrons. The van der Waals surface area contributed by atoms with Crippen LogP contribution in [-0.4, -0.2) is 12.6 Å². The van der Waals surface area contributed by atoms with Gasteiger partial charge in [0.2, 0.25) is 0 Å². The fourth-order valence-corrected chi connectivity index (χ4v) is 2.18. The van der Waals surface area contributed by atoms with E-state index in [9.17, 15) is 13.6 Å². The first kappa shape index (κ1) is 15.8. The van der Waals surface area contributed by atoms with Crippen molar-refractivity contribution in [3.05, 3.63) is 28.8 Å². The zero-order valence-electron chi connectivity index (χ0n) is 11.1. The van der Waals surface area contributed by atoms with Crippen LogP contribution in [0.5, 0.6) is 5.75 Å². The molecule has 0 bridgehead atoms. The number of alkyl halides is 2. The van der Waals surface area contributed by atoms with Crippen LogP contribution in [0.1, 0.15) is 30.0 Å². The second-order valence-electron chi connectivity index (χ2n) is 4.26. The van der Waals surface area contributed by atoms with Gasteiger partial charge < -0.3 is 9.26 Å². The first-order valence-corrected chi connectivity index (χ1v) is 6.31. The van der Waals surface area contributed by atoms with Gasteiger partial charge in [-0.1, -0.05) is 11.6 Å². The van der Waals surface area contributed by atoms with Gasteiger partial charge in [0.25, 0.3) is 5.92 Å². The summed E-state index contributed by atoms with van der Waals surface area (Å²) in [5.74, 6) is -4.18. The highest BCUT2D eigenvalue weighted by Gasteiger charge is 2.38. The van der Waals surface area contributed by atoms with E-state index in [4.69, 9.17) is 4.52 Å². The minimum absolute atomic E-state index is 0.0740. The summed E-state index contributed by atoms with van der Waals surface area (Å²) in [6.07, 6.45) is -0.995. The summed E-state index contributed by atoms with van der Waals surface area (Å²) in [6.45, 7) is 5.04. The van der Waals surface area contributed by atoms with Gasteiger partial charge in [0.15, 0.2) is 0 Å². The molecular formula is C13H17F2O3P. The van der Waals surface area contributed by atoms with E-state index in [1.54, 1.807) is 26.8 Å². The van der Waals surface area contributed by atoms with Gasteiger partial charge in [-0.05, 0) is 32.4 Å². The van der Waals surface area contributed by atoms with E-state index >= 15 is 0 Å². The maximum atomic E-state index is 14.1. The highest BCUT2D eigenvalue weighted by molar-refractivity contribution is 7.10. The summed E-state index contributed by atoms with van der Waals surface area (Å²) in [6, 6.07) is 3.06. The predicted octanol–water partition coefficient (Wildman–Crippen LogP) is 3.52. The molecule has 0 aliphatic carbocycles. The molecule has 0 amide bonds. The van der Waals surface area contributed by atoms with Crippen molar-refractivity contribution < 1.29 is 22.8 Å². The van der Waals surface area contributed by atoms with E-state index in [0.29, 0.717) is 11.1 Å². The van der Waals surface area contributed by atoms with E-state index in [1.807, 2.05) is 9.47 Å². The molecule has 1 aromatic carbocycles. The molecule has 0 aliphatic heterocycles. The molecule has 1 atom stereocenters. The van der Waals surface area contributed by atoms with Crippen molar-refractivity contribution in [2.45, 2.75) is 33.1 Å². The highest BCUT2D eigenvalue weighted by atomic mass is 31.0. The molecule has 0 aliphatic rings. The van der Waals surface area contributed by atoms with Crippen molar-refractivity contribution in [2.75, 3.05) is 6.61 Å². The molecule has 0 spiro atoms. The largest absolute Gasteiger partial charge is 0.480 e. The van der Waals surface area contributed by atoms with Crippen molar-refractivity contribution in [1.82, 2.24) is 0 Å². The van der Waals surface area contributed by atoms with Crippen LogP contribution >= 0.6 is 9.47 Å². The van der Waals surface area contributed by atoms with Crippen molar-refractivity contribution in [2.24, 2.45) is 0 Å². The molecule has 1 unspecified atom stereocenters. The molecule has 0 saturated heterocycles. The molecular weight excluding hydrogens is 273 g/mol. The average molecular weight is 290 g/mol. The molecule has 0 saturated carbocycles. The summed E-state index contributed by atoms with van der Waals surface area (Å²) in [5, 5.41) is 0. The molecule has 0 N–H and O–H groups in total. The number of rotatable bonds is 5. The van der Waals surface area contributed by atoms with Gasteiger partial charge in [-0.25, -0.2) is 8.78 Å². The van der Waals surface area contributed by atoms with Crippen LogP contribution in [0.15, 0.2) is 12.1 Å². The van der Waals surface area contributed by atoms with Crippen LogP contribution in [-0.2, 0) is 15.5 Å². The lowest BCUT2D eigenvalue weighted by Crippen LogP contribution is -2.21. The minimum atomic E-state index is -3.32. The summed E-state index contributed by atoms with van der Waals surface area (Å²) >= 11 is 0. The second kappa shape index (κ2) is 6.29. The predicted molar refractivity (Wildman–Crippen MR) is 71.4 cm³/mol. The van der Waals surface area contributed by atoms with Crippen LogP contribution < -0.4 is 4.52 Å². The van der Waals surface area contributed by atoms with E-state index in [1.165, 1.54) is 6.07 Å². The Balaban J connectivity index is 3.16. The Kier molecular flexibility index (Phi) is 5.24. The topological polar surface area (TPSA) is 35.5 Å². The normalized spacial score (nSPS) is 11.3. The molecule has 1 rings (SSSR count). The number of aryl methyl sites for hydroxylation is 2. The van der Waals surface area contributed by atoms with Crippen LogP contribution in [0.25, 0.3) is 0 Å². The van der Waals surface area contributed by atoms with Crippen molar-refractivity contribution in [3.63, 3.8) is 0 Å².